The number of pyridine rings is 1. The lowest BCUT2D eigenvalue weighted by Crippen LogP contribution is -2.57. The third-order valence-corrected chi connectivity index (χ3v) is 6.55. The summed E-state index contributed by atoms with van der Waals surface area (Å²) in [6.45, 7) is 2.27. The monoisotopic (exact) mass is 541 g/mol. The van der Waals surface area contributed by atoms with Gasteiger partial charge in [0, 0.05) is 18.2 Å². The third-order valence-electron chi connectivity index (χ3n) is 5.97. The van der Waals surface area contributed by atoms with Crippen LogP contribution >= 0.6 is 0 Å². The molecule has 8 nitrogen and oxygen atoms in total. The van der Waals surface area contributed by atoms with Gasteiger partial charge in [-0.1, -0.05) is 24.3 Å². The highest BCUT2D eigenvalue weighted by atomic mass is 32.2. The van der Waals surface area contributed by atoms with E-state index >= 15 is 0 Å². The summed E-state index contributed by atoms with van der Waals surface area (Å²) < 4.78 is 83.1. The molecule has 1 saturated carbocycles. The van der Waals surface area contributed by atoms with Crippen LogP contribution in [0.1, 0.15) is 44.7 Å². The highest BCUT2D eigenvalue weighted by molar-refractivity contribution is 7.92. The van der Waals surface area contributed by atoms with Crippen LogP contribution in [-0.2, 0) is 14.8 Å². The highest BCUT2D eigenvalue weighted by Crippen LogP contribution is 2.52. The standard InChI is InChI=1S/C24H27F4N5O3S/c1-22(2,25)12-18(21(30)34)33(23(14-29)10-11-23)20(24(26,27)28)16-6-4-15(5-7-16)17-8-9-19(31-13-17)32-37(3,35)36/h4-9,13,18,20H,10-12H2,1-3H3,(H2,30,34)(H,31,32)/t18-,20-/m0/s1. The number of aromatic nitrogens is 1. The van der Waals surface area contributed by atoms with Crippen molar-refractivity contribution >= 4 is 21.7 Å². The molecular weight excluding hydrogens is 514 g/mol. The van der Waals surface area contributed by atoms with Crippen LogP contribution in [0.25, 0.3) is 11.1 Å². The number of alkyl halides is 4. The molecule has 1 aromatic heterocycles. The van der Waals surface area contributed by atoms with E-state index in [4.69, 9.17) is 5.73 Å². The Morgan fingerprint density at radius 1 is 1.16 bits per heavy atom. The van der Waals surface area contributed by atoms with Crippen LogP contribution in [0.2, 0.25) is 0 Å². The number of amides is 1. The van der Waals surface area contributed by atoms with E-state index in [2.05, 4.69) is 9.71 Å². The Labute approximate surface area is 212 Å². The minimum Gasteiger partial charge on any atom is -0.368 e. The van der Waals surface area contributed by atoms with Gasteiger partial charge in [-0.2, -0.15) is 18.4 Å². The molecule has 200 valence electrons. The average Bonchev–Trinajstić information content (AvgIpc) is 3.55. The van der Waals surface area contributed by atoms with Crippen LogP contribution in [-0.4, -0.2) is 53.9 Å². The summed E-state index contributed by atoms with van der Waals surface area (Å²) in [5, 5.41) is 9.75. The van der Waals surface area contributed by atoms with Crippen molar-refractivity contribution in [3.8, 4) is 17.2 Å². The zero-order valence-corrected chi connectivity index (χ0v) is 21.2. The second-order valence-electron chi connectivity index (χ2n) is 9.76. The van der Waals surface area contributed by atoms with E-state index < -0.39 is 51.8 Å². The summed E-state index contributed by atoms with van der Waals surface area (Å²) in [4.78, 5) is 17.0. The van der Waals surface area contributed by atoms with Crippen molar-refractivity contribution in [3.63, 3.8) is 0 Å². The van der Waals surface area contributed by atoms with E-state index in [1.807, 2.05) is 6.07 Å². The summed E-state index contributed by atoms with van der Waals surface area (Å²) in [6, 6.07) is 6.05. The van der Waals surface area contributed by atoms with E-state index in [1.54, 1.807) is 6.07 Å². The molecule has 1 aliphatic rings. The number of hydrogen-bond donors (Lipinski definition) is 2. The first-order valence-corrected chi connectivity index (χ1v) is 13.1. The lowest BCUT2D eigenvalue weighted by molar-refractivity contribution is -0.201. The summed E-state index contributed by atoms with van der Waals surface area (Å²) in [5.74, 6) is -1.07. The van der Waals surface area contributed by atoms with Gasteiger partial charge in [-0.3, -0.25) is 14.4 Å². The summed E-state index contributed by atoms with van der Waals surface area (Å²) in [7, 11) is -3.53. The Kier molecular flexibility index (Phi) is 7.58. The Morgan fingerprint density at radius 2 is 1.73 bits per heavy atom. The second kappa shape index (κ2) is 9.90. The number of nitrogens with two attached hydrogens (primary N) is 1. The van der Waals surface area contributed by atoms with Gasteiger partial charge in [0.05, 0.1) is 18.4 Å². The molecule has 1 aliphatic carbocycles. The van der Waals surface area contributed by atoms with E-state index in [-0.39, 0.29) is 24.2 Å². The normalized spacial score (nSPS) is 17.1. The molecule has 1 amide bonds. The van der Waals surface area contributed by atoms with E-state index in [0.29, 0.717) is 11.1 Å². The van der Waals surface area contributed by atoms with Gasteiger partial charge in [-0.05, 0) is 49.9 Å². The summed E-state index contributed by atoms with van der Waals surface area (Å²) in [5.41, 5.74) is 2.60. The van der Waals surface area contributed by atoms with Gasteiger partial charge in [0.25, 0.3) is 0 Å². The lowest BCUT2D eigenvalue weighted by atomic mass is 9.92. The van der Waals surface area contributed by atoms with Crippen LogP contribution in [0.4, 0.5) is 23.4 Å². The van der Waals surface area contributed by atoms with Gasteiger partial charge in [-0.15, -0.1) is 0 Å². The maximum absolute atomic E-state index is 14.6. The van der Waals surface area contributed by atoms with Crippen molar-refractivity contribution < 1.29 is 30.8 Å². The quantitative estimate of drug-likeness (QED) is 0.436. The molecule has 1 aromatic carbocycles. The molecule has 0 radical (unpaired) electrons. The molecule has 13 heteroatoms. The molecule has 0 spiro atoms. The summed E-state index contributed by atoms with van der Waals surface area (Å²) >= 11 is 0. The Hall–Kier alpha value is -3.24. The van der Waals surface area contributed by atoms with Gasteiger partial charge in [0.2, 0.25) is 15.9 Å². The third kappa shape index (κ3) is 6.95. The van der Waals surface area contributed by atoms with Crippen LogP contribution in [0, 0.1) is 11.3 Å². The number of carbonyl (C=O) groups is 1. The van der Waals surface area contributed by atoms with Crippen LogP contribution in [0.15, 0.2) is 42.6 Å². The number of nitrogens with zero attached hydrogens (tertiary/aromatic N) is 3. The number of benzene rings is 1. The molecule has 3 rings (SSSR count). The first-order valence-electron chi connectivity index (χ1n) is 11.2. The van der Waals surface area contributed by atoms with Gasteiger partial charge in [-0.25, -0.2) is 17.8 Å². The van der Waals surface area contributed by atoms with Crippen molar-refractivity contribution in [3.05, 3.63) is 48.2 Å². The number of halogens is 4. The SMILES string of the molecule is CC(C)(F)C[C@@H](C(N)=O)N([C@@H](c1ccc(-c2ccc(NS(C)(=O)=O)nc2)cc1)C(F)(F)F)C1(C#N)CC1. The highest BCUT2D eigenvalue weighted by Gasteiger charge is 2.61. The molecule has 3 N–H and O–H groups in total. The van der Waals surface area contributed by atoms with E-state index in [0.717, 1.165) is 25.0 Å². The molecule has 1 fully saturated rings. The molecule has 37 heavy (non-hydrogen) atoms. The predicted molar refractivity (Wildman–Crippen MR) is 129 cm³/mol. The van der Waals surface area contributed by atoms with E-state index in [9.17, 15) is 36.0 Å². The minimum atomic E-state index is -4.91. The van der Waals surface area contributed by atoms with Gasteiger partial charge >= 0.3 is 6.18 Å². The minimum absolute atomic E-state index is 0.0789. The molecule has 0 saturated heterocycles. The number of carbonyl (C=O) groups excluding carboxylic acids is 1. The summed E-state index contributed by atoms with van der Waals surface area (Å²) in [6.07, 6.45) is -3.03. The van der Waals surface area contributed by atoms with Crippen molar-refractivity contribution in [1.82, 2.24) is 9.88 Å². The first-order chi connectivity index (χ1) is 17.0. The fourth-order valence-electron chi connectivity index (χ4n) is 4.25. The maximum Gasteiger partial charge on any atom is 0.408 e. The smallest absolute Gasteiger partial charge is 0.368 e. The molecule has 0 aliphatic heterocycles. The van der Waals surface area contributed by atoms with Gasteiger partial charge < -0.3 is 5.73 Å². The molecule has 2 aromatic rings. The fraction of sp³-hybridized carbons (Fsp3) is 0.458. The number of primary amides is 1. The second-order valence-corrected chi connectivity index (χ2v) is 11.5. The Balaban J connectivity index is 2.02. The van der Waals surface area contributed by atoms with Gasteiger partial charge in [0.1, 0.15) is 23.1 Å². The number of hydrogen-bond acceptors (Lipinski definition) is 6. The van der Waals surface area contributed by atoms with E-state index in [1.165, 1.54) is 36.5 Å². The molecule has 0 unspecified atom stereocenters. The van der Waals surface area contributed by atoms with Crippen LogP contribution < -0.4 is 10.5 Å². The molecule has 2 atom stereocenters. The number of nitrogens with one attached hydrogen (secondary N) is 1. The van der Waals surface area contributed by atoms with Crippen molar-refractivity contribution in [2.24, 2.45) is 5.73 Å². The number of nitriles is 1. The zero-order chi connectivity index (χ0) is 27.8. The van der Waals surface area contributed by atoms with Gasteiger partial charge in [0.15, 0.2) is 0 Å². The first kappa shape index (κ1) is 28.3. The fourth-order valence-corrected chi connectivity index (χ4v) is 4.75. The topological polar surface area (TPSA) is 129 Å². The molecule has 1 heterocycles. The predicted octanol–water partition coefficient (Wildman–Crippen LogP) is 4.07. The number of rotatable bonds is 10. The van der Waals surface area contributed by atoms with Crippen molar-refractivity contribution in [1.29, 1.82) is 5.26 Å². The van der Waals surface area contributed by atoms with Crippen molar-refractivity contribution in [2.45, 2.75) is 62.6 Å². The Bertz CT molecular complexity index is 1280. The average molecular weight is 542 g/mol. The van der Waals surface area contributed by atoms with Crippen molar-refractivity contribution in [2.75, 3.05) is 11.0 Å². The number of sulfonamides is 1. The zero-order valence-electron chi connectivity index (χ0n) is 20.4. The van der Waals surface area contributed by atoms with Crippen LogP contribution in [0.5, 0.6) is 0 Å². The molecular formula is C24H27F4N5O3S. The lowest BCUT2D eigenvalue weighted by Gasteiger charge is -2.42. The molecule has 0 bridgehead atoms. The van der Waals surface area contributed by atoms with Crippen LogP contribution in [0.3, 0.4) is 0 Å². The Morgan fingerprint density at radius 3 is 2.11 bits per heavy atom. The maximum atomic E-state index is 14.6. The largest absolute Gasteiger partial charge is 0.408 e. The number of anilines is 1.